The molecule has 1 atom stereocenters. The molecule has 11 heteroatoms. The van der Waals surface area contributed by atoms with Gasteiger partial charge in [-0.15, -0.1) is 0 Å². The van der Waals surface area contributed by atoms with Crippen molar-refractivity contribution < 1.29 is 27.5 Å². The highest BCUT2D eigenvalue weighted by atomic mass is 79.9. The summed E-state index contributed by atoms with van der Waals surface area (Å²) in [7, 11) is -3.82. The predicted molar refractivity (Wildman–Crippen MR) is 132 cm³/mol. The van der Waals surface area contributed by atoms with E-state index in [0.29, 0.717) is 11.5 Å². The average Bonchev–Trinajstić information content (AvgIpc) is 3.23. The van der Waals surface area contributed by atoms with E-state index < -0.39 is 28.5 Å². The van der Waals surface area contributed by atoms with Gasteiger partial charge >= 0.3 is 0 Å². The fourth-order valence-corrected chi connectivity index (χ4v) is 4.53. The second-order valence-corrected chi connectivity index (χ2v) is 11.1. The number of anilines is 1. The average molecular weight is 554 g/mol. The predicted octanol–water partition coefficient (Wildman–Crippen LogP) is 2.89. The number of halogens is 1. The van der Waals surface area contributed by atoms with Crippen LogP contribution in [0.4, 0.5) is 5.69 Å². The highest BCUT2D eigenvalue weighted by Crippen LogP contribution is 2.36. The van der Waals surface area contributed by atoms with Crippen LogP contribution in [0.5, 0.6) is 11.5 Å². The van der Waals surface area contributed by atoms with Crippen LogP contribution in [0.3, 0.4) is 0 Å². The summed E-state index contributed by atoms with van der Waals surface area (Å²) >= 11 is 3.38. The Hall–Kier alpha value is -2.79. The lowest BCUT2D eigenvalue weighted by Gasteiger charge is -2.32. The Balaban J connectivity index is 1.90. The molecule has 0 fully saturated rings. The molecule has 184 valence electrons. The molecule has 0 saturated heterocycles. The fourth-order valence-electron chi connectivity index (χ4n) is 3.43. The number of ether oxygens (including phenoxy) is 2. The van der Waals surface area contributed by atoms with Crippen LogP contribution >= 0.6 is 15.9 Å². The summed E-state index contributed by atoms with van der Waals surface area (Å²) in [5, 5.41) is 2.81. The number of benzene rings is 2. The van der Waals surface area contributed by atoms with Crippen LogP contribution in [0.15, 0.2) is 46.9 Å². The lowest BCUT2D eigenvalue weighted by molar-refractivity contribution is -0.139. The van der Waals surface area contributed by atoms with Crippen LogP contribution in [0.25, 0.3) is 0 Å². The Bertz CT molecular complexity index is 1150. The molecule has 1 aliphatic heterocycles. The first-order chi connectivity index (χ1) is 16.0. The molecule has 0 unspecified atom stereocenters. The Morgan fingerprint density at radius 2 is 1.71 bits per heavy atom. The Morgan fingerprint density at radius 1 is 1.06 bits per heavy atom. The van der Waals surface area contributed by atoms with Gasteiger partial charge < -0.3 is 19.7 Å². The smallest absolute Gasteiger partial charge is 0.244 e. The van der Waals surface area contributed by atoms with Gasteiger partial charge in [-0.3, -0.25) is 13.9 Å². The van der Waals surface area contributed by atoms with Crippen molar-refractivity contribution in [2.45, 2.75) is 39.4 Å². The molecule has 0 saturated carbocycles. The first kappa shape index (κ1) is 25.8. The molecule has 0 bridgehead atoms. The SMILES string of the molecule is CC(C)NC(=O)[C@H](C)N(Cc1ccc(Br)cc1)C(=O)CN(c1ccc2c(c1)OCO2)S(C)(=O)=O. The van der Waals surface area contributed by atoms with Gasteiger partial charge in [0.25, 0.3) is 0 Å². The molecule has 2 aromatic rings. The number of amides is 2. The Morgan fingerprint density at radius 3 is 2.32 bits per heavy atom. The zero-order valence-electron chi connectivity index (χ0n) is 19.4. The molecular weight excluding hydrogens is 526 g/mol. The van der Waals surface area contributed by atoms with Crippen molar-refractivity contribution in [1.82, 2.24) is 10.2 Å². The monoisotopic (exact) mass is 553 g/mol. The minimum absolute atomic E-state index is 0.0417. The van der Waals surface area contributed by atoms with E-state index in [2.05, 4.69) is 21.2 Å². The molecule has 1 N–H and O–H groups in total. The van der Waals surface area contributed by atoms with Crippen LogP contribution < -0.4 is 19.1 Å². The van der Waals surface area contributed by atoms with Crippen LogP contribution in [0.1, 0.15) is 26.3 Å². The lowest BCUT2D eigenvalue weighted by Crippen LogP contribution is -2.52. The van der Waals surface area contributed by atoms with Crippen LogP contribution in [0.2, 0.25) is 0 Å². The van der Waals surface area contributed by atoms with E-state index in [0.717, 1.165) is 20.6 Å². The summed E-state index contributed by atoms with van der Waals surface area (Å²) in [5.74, 6) is 0.0567. The molecule has 34 heavy (non-hydrogen) atoms. The summed E-state index contributed by atoms with van der Waals surface area (Å²) in [5.41, 5.74) is 1.07. The molecule has 1 heterocycles. The molecule has 2 amide bonds. The summed E-state index contributed by atoms with van der Waals surface area (Å²) < 4.78 is 37.8. The van der Waals surface area contributed by atoms with Crippen LogP contribution in [-0.2, 0) is 26.2 Å². The van der Waals surface area contributed by atoms with Crippen molar-refractivity contribution in [2.75, 3.05) is 23.9 Å². The number of carbonyl (C=O) groups is 2. The van der Waals surface area contributed by atoms with E-state index in [9.17, 15) is 18.0 Å². The van der Waals surface area contributed by atoms with Gasteiger partial charge in [0.05, 0.1) is 11.9 Å². The number of nitrogens with zero attached hydrogens (tertiary/aromatic N) is 2. The maximum absolute atomic E-state index is 13.5. The van der Waals surface area contributed by atoms with Gasteiger partial charge in [-0.25, -0.2) is 8.42 Å². The zero-order chi connectivity index (χ0) is 25.0. The maximum atomic E-state index is 13.5. The van der Waals surface area contributed by atoms with Crippen molar-refractivity contribution in [3.05, 3.63) is 52.5 Å². The highest BCUT2D eigenvalue weighted by Gasteiger charge is 2.31. The van der Waals surface area contributed by atoms with Gasteiger partial charge in [-0.05, 0) is 50.6 Å². The number of fused-ring (bicyclic) bond motifs is 1. The van der Waals surface area contributed by atoms with Crippen LogP contribution in [0, 0.1) is 0 Å². The number of rotatable bonds is 9. The summed E-state index contributed by atoms with van der Waals surface area (Å²) in [4.78, 5) is 27.6. The first-order valence-corrected chi connectivity index (χ1v) is 13.3. The summed E-state index contributed by atoms with van der Waals surface area (Å²) in [6.45, 7) is 4.98. The number of nitrogens with one attached hydrogen (secondary N) is 1. The molecule has 3 rings (SSSR count). The topological polar surface area (TPSA) is 105 Å². The van der Waals surface area contributed by atoms with Gasteiger partial charge in [-0.1, -0.05) is 28.1 Å². The molecular formula is C23H28BrN3O6S. The fraction of sp³-hybridized carbons (Fsp3) is 0.391. The maximum Gasteiger partial charge on any atom is 0.244 e. The van der Waals surface area contributed by atoms with Crippen LogP contribution in [-0.4, -0.2) is 56.8 Å². The number of carbonyl (C=O) groups excluding carboxylic acids is 2. The molecule has 0 aliphatic carbocycles. The van der Waals surface area contributed by atoms with Gasteiger partial charge in [0.2, 0.25) is 28.6 Å². The van der Waals surface area contributed by atoms with Crippen molar-refractivity contribution >= 4 is 43.5 Å². The first-order valence-electron chi connectivity index (χ1n) is 10.7. The van der Waals surface area contributed by atoms with E-state index in [1.807, 2.05) is 38.1 Å². The quantitative estimate of drug-likeness (QED) is 0.511. The van der Waals surface area contributed by atoms with Gasteiger partial charge in [0, 0.05) is 23.1 Å². The molecule has 2 aromatic carbocycles. The molecule has 1 aliphatic rings. The van der Waals surface area contributed by atoms with Gasteiger partial charge in [0.15, 0.2) is 11.5 Å². The van der Waals surface area contributed by atoms with Crippen molar-refractivity contribution in [3.63, 3.8) is 0 Å². The Labute approximate surface area is 208 Å². The second kappa shape index (κ2) is 10.6. The van der Waals surface area contributed by atoms with E-state index in [4.69, 9.17) is 9.47 Å². The minimum atomic E-state index is -3.82. The third kappa shape index (κ3) is 6.41. The normalized spacial score (nSPS) is 13.5. The lowest BCUT2D eigenvalue weighted by atomic mass is 10.1. The number of sulfonamides is 1. The zero-order valence-corrected chi connectivity index (χ0v) is 21.9. The number of hydrogen-bond donors (Lipinski definition) is 1. The molecule has 0 spiro atoms. The van der Waals surface area contributed by atoms with E-state index in [1.165, 1.54) is 11.0 Å². The van der Waals surface area contributed by atoms with Crippen molar-refractivity contribution in [1.29, 1.82) is 0 Å². The summed E-state index contributed by atoms with van der Waals surface area (Å²) in [6.07, 6.45) is 1.03. The van der Waals surface area contributed by atoms with E-state index in [-0.39, 0.29) is 31.0 Å². The Kier molecular flexibility index (Phi) is 8.09. The summed E-state index contributed by atoms with van der Waals surface area (Å²) in [6, 6.07) is 11.1. The highest BCUT2D eigenvalue weighted by molar-refractivity contribution is 9.10. The van der Waals surface area contributed by atoms with Gasteiger partial charge in [-0.2, -0.15) is 0 Å². The van der Waals surface area contributed by atoms with Crippen molar-refractivity contribution in [2.24, 2.45) is 0 Å². The molecule has 0 radical (unpaired) electrons. The standard InChI is InChI=1S/C23H28BrN3O6S/c1-15(2)25-23(29)16(3)26(12-17-5-7-18(24)8-6-17)22(28)13-27(34(4,30)31)19-9-10-20-21(11-19)33-14-32-20/h5-11,15-16H,12-14H2,1-4H3,(H,25,29)/t16-/m0/s1. The largest absolute Gasteiger partial charge is 0.454 e. The van der Waals surface area contributed by atoms with E-state index in [1.54, 1.807) is 19.1 Å². The number of hydrogen-bond acceptors (Lipinski definition) is 6. The van der Waals surface area contributed by atoms with E-state index >= 15 is 0 Å². The minimum Gasteiger partial charge on any atom is -0.454 e. The molecule has 0 aromatic heterocycles. The van der Waals surface area contributed by atoms with Crippen molar-refractivity contribution in [3.8, 4) is 11.5 Å². The third-order valence-corrected chi connectivity index (χ3v) is 6.86. The second-order valence-electron chi connectivity index (χ2n) is 8.29. The van der Waals surface area contributed by atoms with Gasteiger partial charge in [0.1, 0.15) is 12.6 Å². The molecule has 9 nitrogen and oxygen atoms in total. The third-order valence-electron chi connectivity index (χ3n) is 5.19.